The van der Waals surface area contributed by atoms with Crippen molar-refractivity contribution in [2.24, 2.45) is 0 Å². The maximum absolute atomic E-state index is 8.52. The predicted octanol–water partition coefficient (Wildman–Crippen LogP) is -4.87. The molecule has 0 atom stereocenters. The molecule has 0 bridgehead atoms. The van der Waals surface area contributed by atoms with Gasteiger partial charge >= 0.3 is 51.4 Å². The monoisotopic (exact) mass is 172 g/mol. The molecule has 0 spiro atoms. The van der Waals surface area contributed by atoms with Crippen LogP contribution < -0.4 is 51.4 Å². The summed E-state index contributed by atoms with van der Waals surface area (Å²) in [6.45, 7) is 0. The van der Waals surface area contributed by atoms with Gasteiger partial charge in [0.05, 0.1) is 12.4 Å². The van der Waals surface area contributed by atoms with Crippen molar-refractivity contribution in [1.82, 2.24) is 0 Å². The molecule has 4 nitrogen and oxygen atoms in total. The Morgan fingerprint density at radius 2 is 1.14 bits per heavy atom. The van der Waals surface area contributed by atoms with Crippen LogP contribution in [0.4, 0.5) is 0 Å². The topological polar surface area (TPSA) is 80.3 Å². The standard InChI is InChI=1S/ClH2.K.H2O4S/c;;1-5(2,3)4/h1H2;;(H2,1,2,3,4)/q2*+1;/p-2. The van der Waals surface area contributed by atoms with Crippen LogP contribution in [0.5, 0.6) is 0 Å². The van der Waals surface area contributed by atoms with E-state index in [1.54, 1.807) is 0 Å². The van der Waals surface area contributed by atoms with Gasteiger partial charge in [0.1, 0.15) is 0 Å². The number of rotatable bonds is 0. The van der Waals surface area contributed by atoms with Crippen molar-refractivity contribution in [2.45, 2.75) is 0 Å². The SMILES string of the molecule is O=S(=O)([O-])[O-].[ClH2+].[K+]. The summed E-state index contributed by atoms with van der Waals surface area (Å²) in [5, 5.41) is 0. The zero-order chi connectivity index (χ0) is 4.50. The summed E-state index contributed by atoms with van der Waals surface area (Å²) in [6, 6.07) is 0. The predicted molar refractivity (Wildman–Crippen MR) is 13.3 cm³/mol. The van der Waals surface area contributed by atoms with Gasteiger partial charge in [0.2, 0.25) is 0 Å². The molecule has 0 N–H and O–H groups in total. The van der Waals surface area contributed by atoms with Crippen LogP contribution in [0.3, 0.4) is 0 Å². The van der Waals surface area contributed by atoms with Crippen molar-refractivity contribution >= 4 is 10.4 Å². The van der Waals surface area contributed by atoms with E-state index in [1.807, 2.05) is 0 Å². The molecule has 0 aromatic heterocycles. The van der Waals surface area contributed by atoms with E-state index in [0.29, 0.717) is 0 Å². The van der Waals surface area contributed by atoms with Crippen LogP contribution in [0.2, 0.25) is 0 Å². The van der Waals surface area contributed by atoms with E-state index in [9.17, 15) is 0 Å². The van der Waals surface area contributed by atoms with Crippen molar-refractivity contribution in [3.63, 3.8) is 0 Å². The quantitative estimate of drug-likeness (QED) is 0.209. The minimum absolute atomic E-state index is 0. The van der Waals surface area contributed by atoms with E-state index in [4.69, 9.17) is 17.5 Å². The molecule has 0 aromatic carbocycles. The van der Waals surface area contributed by atoms with Crippen LogP contribution in [0, 0.1) is 12.4 Å². The van der Waals surface area contributed by atoms with Crippen LogP contribution in [-0.4, -0.2) is 17.5 Å². The summed E-state index contributed by atoms with van der Waals surface area (Å²) in [5.41, 5.74) is 0. The van der Waals surface area contributed by atoms with Crippen LogP contribution in [0.25, 0.3) is 0 Å². The summed E-state index contributed by atoms with van der Waals surface area (Å²) in [7, 11) is -5.17. The van der Waals surface area contributed by atoms with Gasteiger partial charge in [-0.1, -0.05) is 0 Å². The summed E-state index contributed by atoms with van der Waals surface area (Å²) >= 11 is 0. The van der Waals surface area contributed by atoms with Crippen molar-refractivity contribution in [3.05, 3.63) is 0 Å². The van der Waals surface area contributed by atoms with Crippen LogP contribution in [-0.2, 0) is 10.4 Å². The first-order chi connectivity index (χ1) is 2.00. The summed E-state index contributed by atoms with van der Waals surface area (Å²) < 4.78 is 34.1. The third-order valence-electron chi connectivity index (χ3n) is 0. The molecule has 40 valence electrons. The first kappa shape index (κ1) is 15.9. The van der Waals surface area contributed by atoms with E-state index >= 15 is 0 Å². The van der Waals surface area contributed by atoms with Gasteiger partial charge in [0.15, 0.2) is 0 Å². The van der Waals surface area contributed by atoms with Gasteiger partial charge in [-0.05, 0) is 0 Å². The molecule has 0 unspecified atom stereocenters. The Hall–Kier alpha value is 1.80. The van der Waals surface area contributed by atoms with Crippen molar-refractivity contribution in [2.75, 3.05) is 0 Å². The fourth-order valence-electron chi connectivity index (χ4n) is 0. The number of halogens is 1. The van der Waals surface area contributed by atoms with Gasteiger partial charge in [0.25, 0.3) is 0 Å². The van der Waals surface area contributed by atoms with E-state index < -0.39 is 10.4 Å². The van der Waals surface area contributed by atoms with E-state index in [0.717, 1.165) is 0 Å². The summed E-state index contributed by atoms with van der Waals surface area (Å²) in [6.07, 6.45) is 0. The van der Waals surface area contributed by atoms with Gasteiger partial charge < -0.3 is 9.11 Å². The Morgan fingerprint density at radius 1 is 1.14 bits per heavy atom. The molecule has 0 rings (SSSR count). The van der Waals surface area contributed by atoms with Crippen LogP contribution >= 0.6 is 0 Å². The number of hydrogen-bond donors (Lipinski definition) is 0. The molecule has 7 heavy (non-hydrogen) atoms. The minimum atomic E-state index is -5.17. The molecule has 0 aromatic rings. The average molecular weight is 173 g/mol. The van der Waals surface area contributed by atoms with E-state index in [2.05, 4.69) is 0 Å². The normalized spacial score (nSPS) is 8.29. The molecule has 0 aliphatic heterocycles. The second kappa shape index (κ2) is 5.92. The Balaban J connectivity index is -0.0000000800. The van der Waals surface area contributed by atoms with Gasteiger partial charge in [0, 0.05) is 10.4 Å². The number of hydrogen-bond acceptors (Lipinski definition) is 4. The molecular weight excluding hydrogens is 171 g/mol. The fourth-order valence-corrected chi connectivity index (χ4v) is 0. The minimum Gasteiger partial charge on any atom is -0.759 e. The molecule has 0 aliphatic rings. The maximum Gasteiger partial charge on any atom is 1.00 e. The zero-order valence-corrected chi connectivity index (χ0v) is 8.32. The van der Waals surface area contributed by atoms with E-state index in [1.165, 1.54) is 0 Å². The molecule has 7 heteroatoms. The Bertz CT molecular complexity index is 94.9. The zero-order valence-electron chi connectivity index (χ0n) is 3.49. The second-order valence-corrected chi connectivity index (χ2v) is 1.22. The van der Waals surface area contributed by atoms with Gasteiger partial charge in [-0.3, -0.25) is 8.42 Å². The molecule has 0 saturated carbocycles. The van der Waals surface area contributed by atoms with E-state index in [-0.39, 0.29) is 63.8 Å². The fraction of sp³-hybridized carbons (Fsp3) is 0. The molecule has 0 heterocycles. The van der Waals surface area contributed by atoms with Crippen LogP contribution in [0.1, 0.15) is 0 Å². The molecule has 0 amide bonds. The van der Waals surface area contributed by atoms with Gasteiger partial charge in [-0.2, -0.15) is 0 Å². The molecule has 0 fully saturated rings. The first-order valence-corrected chi connectivity index (χ1v) is 2.00. The van der Waals surface area contributed by atoms with Crippen molar-refractivity contribution in [3.8, 4) is 0 Å². The van der Waals surface area contributed by atoms with Gasteiger partial charge in [-0.25, -0.2) is 0 Å². The van der Waals surface area contributed by atoms with Crippen LogP contribution in [0.15, 0.2) is 0 Å². The molecule has 0 aliphatic carbocycles. The average Bonchev–Trinajstić information content (AvgIpc) is 0.722. The Morgan fingerprint density at radius 3 is 1.14 bits per heavy atom. The maximum atomic E-state index is 8.52. The van der Waals surface area contributed by atoms with Gasteiger partial charge in [-0.15, -0.1) is 0 Å². The largest absolute Gasteiger partial charge is 1.00 e. The first-order valence-electron chi connectivity index (χ1n) is 0.667. The summed E-state index contributed by atoms with van der Waals surface area (Å²) in [4.78, 5) is 0. The van der Waals surface area contributed by atoms with Crippen molar-refractivity contribution < 1.29 is 81.3 Å². The third kappa shape index (κ3) is 81.2. The van der Waals surface area contributed by atoms with Crippen molar-refractivity contribution in [1.29, 1.82) is 0 Å². The molecule has 0 saturated heterocycles. The molecular formula is H2ClKO4S. The second-order valence-electron chi connectivity index (χ2n) is 0.408. The summed E-state index contributed by atoms with van der Waals surface area (Å²) in [5.74, 6) is 0. The Kier molecular flexibility index (Phi) is 13.5. The Labute approximate surface area is 90.1 Å². The third-order valence-corrected chi connectivity index (χ3v) is 0. The molecule has 0 radical (unpaired) electrons. The smallest absolute Gasteiger partial charge is 0.759 e.